The van der Waals surface area contributed by atoms with Crippen molar-refractivity contribution in [3.05, 3.63) is 41.0 Å². The molecule has 0 saturated heterocycles. The third-order valence-electron chi connectivity index (χ3n) is 3.74. The third kappa shape index (κ3) is 2.51. The van der Waals surface area contributed by atoms with E-state index in [0.29, 0.717) is 12.0 Å². The van der Waals surface area contributed by atoms with Gasteiger partial charge in [-0.3, -0.25) is 4.55 Å². The zero-order valence-electron chi connectivity index (χ0n) is 12.5. The van der Waals surface area contributed by atoms with Crippen LogP contribution in [0.2, 0.25) is 0 Å². The maximum atomic E-state index is 11.9. The molecular weight excluding hydrogens is 320 g/mol. The Labute approximate surface area is 132 Å². The van der Waals surface area contributed by atoms with Gasteiger partial charge in [-0.25, -0.2) is 9.59 Å². The summed E-state index contributed by atoms with van der Waals surface area (Å²) in [5, 5.41) is 0.431. The highest BCUT2D eigenvalue weighted by Crippen LogP contribution is 2.36. The smallest absolute Gasteiger partial charge is 0.346 e. The van der Waals surface area contributed by atoms with Crippen LogP contribution in [0.1, 0.15) is 40.1 Å². The molecule has 23 heavy (non-hydrogen) atoms. The van der Waals surface area contributed by atoms with Crippen molar-refractivity contribution in [2.24, 2.45) is 5.92 Å². The van der Waals surface area contributed by atoms with E-state index in [1.54, 1.807) is 6.07 Å². The molecular formula is C16H14O6S. The predicted octanol–water partition coefficient (Wildman–Crippen LogP) is 2.60. The highest BCUT2D eigenvalue weighted by Gasteiger charge is 2.31. The van der Waals surface area contributed by atoms with Gasteiger partial charge < -0.3 is 4.74 Å². The molecule has 6 nitrogen and oxygen atoms in total. The zero-order valence-corrected chi connectivity index (χ0v) is 13.3. The minimum Gasteiger partial charge on any atom is -0.386 e. The summed E-state index contributed by atoms with van der Waals surface area (Å²) in [6.45, 7) is 3.92. The number of cyclic esters (lactones) is 2. The third-order valence-corrected chi connectivity index (χ3v) is 4.64. The highest BCUT2D eigenvalue weighted by atomic mass is 32.2. The first-order chi connectivity index (χ1) is 10.7. The lowest BCUT2D eigenvalue weighted by Crippen LogP contribution is -2.21. The van der Waals surface area contributed by atoms with Crippen molar-refractivity contribution < 1.29 is 27.3 Å². The summed E-state index contributed by atoms with van der Waals surface area (Å²) in [5.41, 5.74) is 0.885. The number of ether oxygens (including phenoxy) is 1. The maximum absolute atomic E-state index is 11.9. The Morgan fingerprint density at radius 3 is 2.09 bits per heavy atom. The van der Waals surface area contributed by atoms with Crippen LogP contribution >= 0.6 is 0 Å². The topological polar surface area (TPSA) is 97.7 Å². The van der Waals surface area contributed by atoms with Crippen LogP contribution in [0.15, 0.2) is 29.2 Å². The van der Waals surface area contributed by atoms with E-state index in [1.807, 2.05) is 13.8 Å². The van der Waals surface area contributed by atoms with E-state index < -0.39 is 22.1 Å². The Balaban J connectivity index is 2.52. The molecule has 1 aliphatic rings. The molecule has 2 aromatic rings. The summed E-state index contributed by atoms with van der Waals surface area (Å²) in [5.74, 6) is -1.43. The van der Waals surface area contributed by atoms with Crippen LogP contribution in [0.25, 0.3) is 10.8 Å². The van der Waals surface area contributed by atoms with Crippen LogP contribution in [0.4, 0.5) is 0 Å². The van der Waals surface area contributed by atoms with Crippen LogP contribution in [0.5, 0.6) is 0 Å². The standard InChI is InChI=1S/C16H14O6S/c1-8(2)7-9-3-4-10-14-11(16(18)22-15(10)17)5-6-12(13(9)14)23(19,20)21/h3-6,8H,7H2,1-2H3,(H,19,20,21). The monoisotopic (exact) mass is 334 g/mol. The second-order valence-electron chi connectivity index (χ2n) is 5.88. The van der Waals surface area contributed by atoms with E-state index in [9.17, 15) is 22.6 Å². The summed E-state index contributed by atoms with van der Waals surface area (Å²) in [4.78, 5) is 23.5. The van der Waals surface area contributed by atoms with E-state index in [-0.39, 0.29) is 32.7 Å². The molecule has 0 unspecified atom stereocenters. The number of carbonyl (C=O) groups is 2. The molecule has 0 amide bonds. The molecule has 0 bridgehead atoms. The number of hydrogen-bond donors (Lipinski definition) is 1. The van der Waals surface area contributed by atoms with Gasteiger partial charge in [0.1, 0.15) is 4.90 Å². The number of benzene rings is 2. The predicted molar refractivity (Wildman–Crippen MR) is 82.1 cm³/mol. The Morgan fingerprint density at radius 1 is 1.00 bits per heavy atom. The SMILES string of the molecule is CC(C)Cc1ccc2c3c(ccc(S(=O)(=O)O)c13)C(=O)OC2=O. The average Bonchev–Trinajstić information content (AvgIpc) is 2.43. The van der Waals surface area contributed by atoms with Crippen molar-refractivity contribution in [1.29, 1.82) is 0 Å². The van der Waals surface area contributed by atoms with Crippen LogP contribution in [-0.2, 0) is 21.3 Å². The summed E-state index contributed by atoms with van der Waals surface area (Å²) in [6, 6.07) is 5.57. The normalized spacial score (nSPS) is 14.4. The van der Waals surface area contributed by atoms with Gasteiger partial charge in [0.15, 0.2) is 0 Å². The molecule has 3 rings (SSSR count). The Bertz CT molecular complexity index is 936. The van der Waals surface area contributed by atoms with Crippen molar-refractivity contribution in [3.63, 3.8) is 0 Å². The van der Waals surface area contributed by atoms with Gasteiger partial charge in [-0.15, -0.1) is 0 Å². The molecule has 0 atom stereocenters. The molecule has 0 saturated carbocycles. The molecule has 0 aromatic heterocycles. The van der Waals surface area contributed by atoms with Crippen molar-refractivity contribution >= 4 is 32.8 Å². The molecule has 1 aliphatic heterocycles. The first kappa shape index (κ1) is 15.6. The Morgan fingerprint density at radius 2 is 1.57 bits per heavy atom. The molecule has 1 heterocycles. The van der Waals surface area contributed by atoms with Gasteiger partial charge in [-0.1, -0.05) is 19.9 Å². The molecule has 2 aromatic carbocycles. The number of hydrogen-bond acceptors (Lipinski definition) is 5. The van der Waals surface area contributed by atoms with Gasteiger partial charge in [-0.2, -0.15) is 8.42 Å². The summed E-state index contributed by atoms with van der Waals surface area (Å²) in [6.07, 6.45) is 0.534. The van der Waals surface area contributed by atoms with Gasteiger partial charge >= 0.3 is 11.9 Å². The second-order valence-corrected chi connectivity index (χ2v) is 7.27. The van der Waals surface area contributed by atoms with Crippen molar-refractivity contribution in [1.82, 2.24) is 0 Å². The van der Waals surface area contributed by atoms with E-state index >= 15 is 0 Å². The Hall–Kier alpha value is -2.25. The fourth-order valence-corrected chi connectivity index (χ4v) is 3.62. The van der Waals surface area contributed by atoms with Gasteiger partial charge in [0.25, 0.3) is 10.1 Å². The molecule has 1 N–H and O–H groups in total. The summed E-state index contributed by atoms with van der Waals surface area (Å²) < 4.78 is 37.6. The number of carbonyl (C=O) groups excluding carboxylic acids is 2. The van der Waals surface area contributed by atoms with E-state index in [4.69, 9.17) is 0 Å². The largest absolute Gasteiger partial charge is 0.386 e. The van der Waals surface area contributed by atoms with Crippen molar-refractivity contribution in [3.8, 4) is 0 Å². The molecule has 120 valence electrons. The molecule has 0 spiro atoms. The molecule has 0 fully saturated rings. The first-order valence-corrected chi connectivity index (χ1v) is 8.46. The average molecular weight is 334 g/mol. The maximum Gasteiger partial charge on any atom is 0.346 e. The minimum absolute atomic E-state index is 0.118. The van der Waals surface area contributed by atoms with Gasteiger partial charge in [0, 0.05) is 10.8 Å². The van der Waals surface area contributed by atoms with Crippen molar-refractivity contribution in [2.75, 3.05) is 0 Å². The fourth-order valence-electron chi connectivity index (χ4n) is 2.89. The summed E-state index contributed by atoms with van der Waals surface area (Å²) >= 11 is 0. The van der Waals surface area contributed by atoms with Gasteiger partial charge in [0.2, 0.25) is 0 Å². The highest BCUT2D eigenvalue weighted by molar-refractivity contribution is 7.86. The van der Waals surface area contributed by atoms with Gasteiger partial charge in [-0.05, 0) is 36.1 Å². The van der Waals surface area contributed by atoms with Crippen LogP contribution < -0.4 is 0 Å². The second kappa shape index (κ2) is 5.14. The lowest BCUT2D eigenvalue weighted by atomic mass is 9.90. The Kier molecular flexibility index (Phi) is 3.50. The molecule has 0 aliphatic carbocycles. The minimum atomic E-state index is -4.50. The molecule has 7 heteroatoms. The van der Waals surface area contributed by atoms with Crippen LogP contribution in [0, 0.1) is 5.92 Å². The first-order valence-electron chi connectivity index (χ1n) is 7.02. The van der Waals surface area contributed by atoms with E-state index in [2.05, 4.69) is 4.74 Å². The quantitative estimate of drug-likeness (QED) is 0.526. The van der Waals surface area contributed by atoms with E-state index in [1.165, 1.54) is 12.1 Å². The summed E-state index contributed by atoms with van der Waals surface area (Å²) in [7, 11) is -4.50. The van der Waals surface area contributed by atoms with Crippen LogP contribution in [-0.4, -0.2) is 24.9 Å². The lowest BCUT2D eigenvalue weighted by molar-refractivity contribution is 0.0391. The van der Waals surface area contributed by atoms with Crippen molar-refractivity contribution in [2.45, 2.75) is 25.2 Å². The van der Waals surface area contributed by atoms with Gasteiger partial charge in [0.05, 0.1) is 11.1 Å². The van der Waals surface area contributed by atoms with E-state index in [0.717, 1.165) is 6.07 Å². The van der Waals surface area contributed by atoms with Crippen LogP contribution in [0.3, 0.4) is 0 Å². The number of rotatable bonds is 3. The zero-order chi connectivity index (χ0) is 16.9. The fraction of sp³-hybridized carbons (Fsp3) is 0.250. The number of esters is 2. The lowest BCUT2D eigenvalue weighted by Gasteiger charge is -2.19. The molecule has 0 radical (unpaired) electrons.